The quantitative estimate of drug-likeness (QED) is 0.843. The van der Waals surface area contributed by atoms with Crippen molar-refractivity contribution in [3.8, 4) is 0 Å². The van der Waals surface area contributed by atoms with Crippen LogP contribution in [-0.4, -0.2) is 18.2 Å². The van der Waals surface area contributed by atoms with E-state index in [1.165, 1.54) is 11.6 Å². The molecule has 0 bridgehead atoms. The molecule has 2 rings (SSSR count). The summed E-state index contributed by atoms with van der Waals surface area (Å²) in [7, 11) is -2.55. The van der Waals surface area contributed by atoms with Crippen molar-refractivity contribution >= 4 is 21.4 Å². The first-order chi connectivity index (χ1) is 9.65. The van der Waals surface area contributed by atoms with Gasteiger partial charge in [-0.1, -0.05) is 0 Å². The smallest absolute Gasteiger partial charge is 0.265 e. The van der Waals surface area contributed by atoms with Crippen LogP contribution in [0.1, 0.15) is 11.4 Å². The fourth-order valence-corrected chi connectivity index (χ4v) is 3.53. The van der Waals surface area contributed by atoms with Crippen LogP contribution in [0, 0.1) is 25.5 Å². The molecular formula is C12H14F2N4O2S. The third kappa shape index (κ3) is 2.56. The predicted molar refractivity (Wildman–Crippen MR) is 74.3 cm³/mol. The number of sulfonamides is 1. The molecule has 21 heavy (non-hydrogen) atoms. The van der Waals surface area contributed by atoms with E-state index in [-0.39, 0.29) is 16.3 Å². The van der Waals surface area contributed by atoms with Crippen LogP contribution in [0.3, 0.4) is 0 Å². The van der Waals surface area contributed by atoms with Gasteiger partial charge in [0.15, 0.2) is 11.6 Å². The number of hydrogen-bond donors (Lipinski definition) is 2. The number of halogens is 2. The normalized spacial score (nSPS) is 11.7. The highest BCUT2D eigenvalue weighted by molar-refractivity contribution is 7.92. The van der Waals surface area contributed by atoms with Gasteiger partial charge >= 0.3 is 0 Å². The Bertz CT molecular complexity index is 815. The van der Waals surface area contributed by atoms with Crippen LogP contribution in [0.4, 0.5) is 20.2 Å². The third-order valence-corrected chi connectivity index (χ3v) is 4.68. The Kier molecular flexibility index (Phi) is 3.62. The molecule has 3 N–H and O–H groups in total. The van der Waals surface area contributed by atoms with Gasteiger partial charge in [-0.25, -0.2) is 17.2 Å². The van der Waals surface area contributed by atoms with Gasteiger partial charge in [0, 0.05) is 7.05 Å². The molecule has 0 atom stereocenters. The topological polar surface area (TPSA) is 90.0 Å². The van der Waals surface area contributed by atoms with E-state index in [1.54, 1.807) is 14.0 Å². The van der Waals surface area contributed by atoms with Gasteiger partial charge in [0.2, 0.25) is 0 Å². The molecule has 1 aromatic carbocycles. The maximum atomic E-state index is 13.7. The lowest BCUT2D eigenvalue weighted by atomic mass is 10.2. The molecule has 114 valence electrons. The second-order valence-corrected chi connectivity index (χ2v) is 6.17. The van der Waals surface area contributed by atoms with Crippen LogP contribution in [0.25, 0.3) is 0 Å². The van der Waals surface area contributed by atoms with Crippen LogP contribution >= 0.6 is 0 Å². The Hall–Kier alpha value is -2.16. The number of hydrogen-bond acceptors (Lipinski definition) is 4. The van der Waals surface area contributed by atoms with Crippen LogP contribution in [-0.2, 0) is 17.1 Å². The summed E-state index contributed by atoms with van der Waals surface area (Å²) in [6.45, 7) is 3.06. The summed E-state index contributed by atoms with van der Waals surface area (Å²) >= 11 is 0. The monoisotopic (exact) mass is 316 g/mol. The molecule has 6 nitrogen and oxygen atoms in total. The molecule has 0 saturated heterocycles. The molecule has 9 heteroatoms. The van der Waals surface area contributed by atoms with Gasteiger partial charge in [-0.3, -0.25) is 9.40 Å². The number of benzene rings is 1. The van der Waals surface area contributed by atoms with Gasteiger partial charge in [-0.15, -0.1) is 0 Å². The zero-order valence-electron chi connectivity index (χ0n) is 11.6. The first-order valence-corrected chi connectivity index (χ1v) is 7.40. The molecule has 0 saturated carbocycles. The lowest BCUT2D eigenvalue weighted by molar-refractivity contribution is 0.512. The molecule has 1 heterocycles. The molecule has 0 aliphatic carbocycles. The van der Waals surface area contributed by atoms with Crippen molar-refractivity contribution in [2.45, 2.75) is 18.7 Å². The van der Waals surface area contributed by atoms with E-state index in [1.807, 2.05) is 4.72 Å². The Balaban J connectivity index is 2.55. The summed E-state index contributed by atoms with van der Waals surface area (Å²) in [5, 5.41) is 3.98. The van der Waals surface area contributed by atoms with Gasteiger partial charge < -0.3 is 5.73 Å². The first-order valence-electron chi connectivity index (χ1n) is 5.91. The molecule has 0 radical (unpaired) electrons. The van der Waals surface area contributed by atoms with Gasteiger partial charge in [0.25, 0.3) is 10.0 Å². The maximum absolute atomic E-state index is 13.7. The van der Waals surface area contributed by atoms with Crippen molar-refractivity contribution in [3.63, 3.8) is 0 Å². The van der Waals surface area contributed by atoms with Crippen molar-refractivity contribution in [3.05, 3.63) is 35.2 Å². The number of anilines is 2. The van der Waals surface area contributed by atoms with E-state index in [0.717, 1.165) is 12.1 Å². The molecule has 0 aliphatic heterocycles. The van der Waals surface area contributed by atoms with E-state index in [0.29, 0.717) is 5.69 Å². The average Bonchev–Trinajstić information content (AvgIpc) is 2.64. The molecule has 0 fully saturated rings. The second-order valence-electron chi connectivity index (χ2n) is 4.55. The summed E-state index contributed by atoms with van der Waals surface area (Å²) in [5.41, 5.74) is 5.30. The summed E-state index contributed by atoms with van der Waals surface area (Å²) in [4.78, 5) is -0.0898. The SMILES string of the molecule is Cc1nn(C)c(C)c1S(=O)(=O)Nc1c(N)ccc(F)c1F. The van der Waals surface area contributed by atoms with Gasteiger partial charge in [-0.2, -0.15) is 5.10 Å². The highest BCUT2D eigenvalue weighted by Crippen LogP contribution is 2.29. The van der Waals surface area contributed by atoms with Crippen LogP contribution in [0.15, 0.2) is 17.0 Å². The predicted octanol–water partition coefficient (Wildman–Crippen LogP) is 1.70. The maximum Gasteiger partial charge on any atom is 0.265 e. The minimum atomic E-state index is -4.14. The molecule has 1 aromatic heterocycles. The molecule has 0 amide bonds. The first kappa shape index (κ1) is 15.2. The standard InChI is InChI=1S/C12H14F2N4O2S/c1-6-12(7(2)18(3)16-6)21(19,20)17-11-9(15)5-4-8(13)10(11)14/h4-5,17H,15H2,1-3H3. The molecule has 0 spiro atoms. The fraction of sp³-hybridized carbons (Fsp3) is 0.250. The average molecular weight is 316 g/mol. The number of aryl methyl sites for hydroxylation is 2. The largest absolute Gasteiger partial charge is 0.397 e. The number of rotatable bonds is 3. The van der Waals surface area contributed by atoms with Gasteiger partial charge in [-0.05, 0) is 26.0 Å². The van der Waals surface area contributed by atoms with E-state index in [4.69, 9.17) is 5.73 Å². The number of aromatic nitrogens is 2. The molecule has 0 unspecified atom stereocenters. The zero-order valence-corrected chi connectivity index (χ0v) is 12.4. The lowest BCUT2D eigenvalue weighted by Gasteiger charge is -2.12. The number of nitrogens with zero attached hydrogens (tertiary/aromatic N) is 2. The minimum Gasteiger partial charge on any atom is -0.397 e. The Morgan fingerprint density at radius 1 is 1.29 bits per heavy atom. The number of nitrogens with one attached hydrogen (secondary N) is 1. The molecule has 0 aliphatic rings. The van der Waals surface area contributed by atoms with E-state index >= 15 is 0 Å². The van der Waals surface area contributed by atoms with Crippen LogP contribution in [0.5, 0.6) is 0 Å². The number of nitrogens with two attached hydrogens (primary N) is 1. The Labute approximate surface area is 120 Å². The van der Waals surface area contributed by atoms with Crippen LogP contribution < -0.4 is 10.5 Å². The fourth-order valence-electron chi connectivity index (χ4n) is 2.00. The van der Waals surface area contributed by atoms with Crippen LogP contribution in [0.2, 0.25) is 0 Å². The van der Waals surface area contributed by atoms with Crippen molar-refractivity contribution in [2.75, 3.05) is 10.5 Å². The highest BCUT2D eigenvalue weighted by Gasteiger charge is 2.26. The Morgan fingerprint density at radius 2 is 1.90 bits per heavy atom. The van der Waals surface area contributed by atoms with E-state index < -0.39 is 27.3 Å². The van der Waals surface area contributed by atoms with E-state index in [9.17, 15) is 17.2 Å². The van der Waals surface area contributed by atoms with Crippen molar-refractivity contribution in [2.24, 2.45) is 7.05 Å². The summed E-state index contributed by atoms with van der Waals surface area (Å²) in [6.07, 6.45) is 0. The minimum absolute atomic E-state index is 0.0898. The summed E-state index contributed by atoms with van der Waals surface area (Å²) in [5.74, 6) is -2.54. The summed E-state index contributed by atoms with van der Waals surface area (Å²) in [6, 6.07) is 1.91. The zero-order chi connectivity index (χ0) is 15.9. The van der Waals surface area contributed by atoms with Crippen molar-refractivity contribution in [1.29, 1.82) is 0 Å². The molecular weight excluding hydrogens is 302 g/mol. The van der Waals surface area contributed by atoms with Crippen molar-refractivity contribution in [1.82, 2.24) is 9.78 Å². The van der Waals surface area contributed by atoms with Crippen molar-refractivity contribution < 1.29 is 17.2 Å². The van der Waals surface area contributed by atoms with Gasteiger partial charge in [0.05, 0.1) is 17.1 Å². The van der Waals surface area contributed by atoms with E-state index in [2.05, 4.69) is 5.10 Å². The van der Waals surface area contributed by atoms with Gasteiger partial charge in [0.1, 0.15) is 10.6 Å². The highest BCUT2D eigenvalue weighted by atomic mass is 32.2. The Morgan fingerprint density at radius 3 is 2.43 bits per heavy atom. The molecule has 2 aromatic rings. The lowest BCUT2D eigenvalue weighted by Crippen LogP contribution is -2.17. The summed E-state index contributed by atoms with van der Waals surface area (Å²) < 4.78 is 55.0. The number of nitrogen functional groups attached to an aromatic ring is 1. The third-order valence-electron chi connectivity index (χ3n) is 3.07. The second kappa shape index (κ2) is 4.99.